The number of hydrogen-bond donors (Lipinski definition) is 2. The van der Waals surface area contributed by atoms with Gasteiger partial charge in [-0.15, -0.1) is 11.3 Å². The number of hydrogen-bond acceptors (Lipinski definition) is 3. The highest BCUT2D eigenvalue weighted by atomic mass is 32.1. The summed E-state index contributed by atoms with van der Waals surface area (Å²) in [6.07, 6.45) is -6.17. The van der Waals surface area contributed by atoms with E-state index in [1.807, 2.05) is 17.5 Å². The fourth-order valence-electron chi connectivity index (χ4n) is 1.23. The molecule has 1 aromatic heterocycles. The standard InChI is InChI=1S/C10H14F3NOS/c1-7(5-8-3-2-4-16-8)14-6-9(15)10(11,12)13/h2-4,7,9,14-15H,5-6H2,1H3. The second kappa shape index (κ2) is 5.65. The van der Waals surface area contributed by atoms with E-state index in [0.717, 1.165) is 4.88 Å². The molecular formula is C10H14F3NOS. The zero-order valence-corrected chi connectivity index (χ0v) is 9.61. The maximum Gasteiger partial charge on any atom is 0.415 e. The molecule has 1 aromatic rings. The minimum absolute atomic E-state index is 0.0874. The molecule has 2 atom stereocenters. The van der Waals surface area contributed by atoms with Crippen molar-refractivity contribution in [2.24, 2.45) is 0 Å². The van der Waals surface area contributed by atoms with Gasteiger partial charge in [0.2, 0.25) is 0 Å². The maximum atomic E-state index is 12.0. The Morgan fingerprint density at radius 3 is 2.69 bits per heavy atom. The van der Waals surface area contributed by atoms with Crippen LogP contribution in [0.1, 0.15) is 11.8 Å². The zero-order valence-electron chi connectivity index (χ0n) is 8.79. The van der Waals surface area contributed by atoms with Crippen molar-refractivity contribution < 1.29 is 18.3 Å². The van der Waals surface area contributed by atoms with E-state index in [-0.39, 0.29) is 6.04 Å². The summed E-state index contributed by atoms with van der Waals surface area (Å²) in [5.41, 5.74) is 0. The third-order valence-corrected chi connectivity index (χ3v) is 3.02. The molecule has 6 heteroatoms. The summed E-state index contributed by atoms with van der Waals surface area (Å²) in [6, 6.07) is 3.75. The Morgan fingerprint density at radius 2 is 2.19 bits per heavy atom. The van der Waals surface area contributed by atoms with E-state index < -0.39 is 18.8 Å². The lowest BCUT2D eigenvalue weighted by Gasteiger charge is -2.18. The van der Waals surface area contributed by atoms with E-state index in [9.17, 15) is 13.2 Å². The quantitative estimate of drug-likeness (QED) is 0.843. The molecule has 2 unspecified atom stereocenters. The number of aliphatic hydroxyl groups is 1. The smallest absolute Gasteiger partial charge is 0.382 e. The van der Waals surface area contributed by atoms with Gasteiger partial charge in [0, 0.05) is 17.5 Å². The Labute approximate surface area is 96.1 Å². The topological polar surface area (TPSA) is 32.3 Å². The van der Waals surface area contributed by atoms with Gasteiger partial charge in [0.1, 0.15) is 0 Å². The van der Waals surface area contributed by atoms with E-state index in [0.29, 0.717) is 6.42 Å². The van der Waals surface area contributed by atoms with Crippen LogP contribution in [-0.4, -0.2) is 30.0 Å². The Balaban J connectivity index is 2.28. The van der Waals surface area contributed by atoms with E-state index in [4.69, 9.17) is 5.11 Å². The summed E-state index contributed by atoms with van der Waals surface area (Å²) in [6.45, 7) is 1.33. The first kappa shape index (κ1) is 13.5. The van der Waals surface area contributed by atoms with Gasteiger partial charge in [0.25, 0.3) is 0 Å². The van der Waals surface area contributed by atoms with Crippen molar-refractivity contribution >= 4 is 11.3 Å². The molecule has 0 fully saturated rings. The van der Waals surface area contributed by atoms with Gasteiger partial charge in [0.15, 0.2) is 6.10 Å². The summed E-state index contributed by atoms with van der Waals surface area (Å²) in [4.78, 5) is 1.11. The summed E-state index contributed by atoms with van der Waals surface area (Å²) < 4.78 is 36.0. The predicted molar refractivity (Wildman–Crippen MR) is 57.5 cm³/mol. The first-order valence-corrected chi connectivity index (χ1v) is 5.78. The lowest BCUT2D eigenvalue weighted by molar-refractivity contribution is -0.202. The second-order valence-electron chi connectivity index (χ2n) is 3.65. The lowest BCUT2D eigenvalue weighted by atomic mass is 10.2. The van der Waals surface area contributed by atoms with Crippen LogP contribution in [-0.2, 0) is 6.42 Å². The van der Waals surface area contributed by atoms with Gasteiger partial charge >= 0.3 is 6.18 Å². The van der Waals surface area contributed by atoms with Gasteiger partial charge in [-0.05, 0) is 24.8 Å². The average molecular weight is 253 g/mol. The van der Waals surface area contributed by atoms with Crippen LogP contribution in [0.5, 0.6) is 0 Å². The molecule has 0 bridgehead atoms. The molecule has 0 aliphatic rings. The van der Waals surface area contributed by atoms with Crippen molar-refractivity contribution in [2.75, 3.05) is 6.54 Å². The van der Waals surface area contributed by atoms with Crippen molar-refractivity contribution in [3.63, 3.8) is 0 Å². The highest BCUT2D eigenvalue weighted by Gasteiger charge is 2.37. The first-order valence-electron chi connectivity index (χ1n) is 4.90. The molecule has 0 saturated carbocycles. The Morgan fingerprint density at radius 1 is 1.50 bits per heavy atom. The molecular weight excluding hydrogens is 239 g/mol. The molecule has 0 spiro atoms. The largest absolute Gasteiger partial charge is 0.415 e. The molecule has 0 amide bonds. The SMILES string of the molecule is CC(Cc1cccs1)NCC(O)C(F)(F)F. The van der Waals surface area contributed by atoms with Crippen LogP contribution in [0.15, 0.2) is 17.5 Å². The van der Waals surface area contributed by atoms with Gasteiger partial charge in [-0.25, -0.2) is 0 Å². The van der Waals surface area contributed by atoms with Gasteiger partial charge in [0.05, 0.1) is 0 Å². The molecule has 1 heterocycles. The van der Waals surface area contributed by atoms with Crippen molar-refractivity contribution in [1.29, 1.82) is 0 Å². The Kier molecular flexibility index (Phi) is 4.76. The minimum atomic E-state index is -4.55. The maximum absolute atomic E-state index is 12.0. The van der Waals surface area contributed by atoms with Crippen LogP contribution in [0.3, 0.4) is 0 Å². The first-order chi connectivity index (χ1) is 7.39. The van der Waals surface area contributed by atoms with Crippen molar-refractivity contribution in [2.45, 2.75) is 31.7 Å². The normalized spacial score (nSPS) is 16.1. The van der Waals surface area contributed by atoms with Crippen molar-refractivity contribution in [3.05, 3.63) is 22.4 Å². The molecule has 0 radical (unpaired) electrons. The van der Waals surface area contributed by atoms with Gasteiger partial charge in [-0.1, -0.05) is 6.07 Å². The van der Waals surface area contributed by atoms with Crippen molar-refractivity contribution in [1.82, 2.24) is 5.32 Å². The molecule has 92 valence electrons. The lowest BCUT2D eigenvalue weighted by Crippen LogP contribution is -2.42. The van der Waals surface area contributed by atoms with Crippen LogP contribution < -0.4 is 5.32 Å². The minimum Gasteiger partial charge on any atom is -0.382 e. The Hall–Kier alpha value is -0.590. The molecule has 16 heavy (non-hydrogen) atoms. The van der Waals surface area contributed by atoms with Crippen LogP contribution in [0.2, 0.25) is 0 Å². The third kappa shape index (κ3) is 4.51. The van der Waals surface area contributed by atoms with Crippen LogP contribution >= 0.6 is 11.3 Å². The fourth-order valence-corrected chi connectivity index (χ4v) is 2.07. The molecule has 1 rings (SSSR count). The monoisotopic (exact) mass is 253 g/mol. The van der Waals surface area contributed by atoms with Crippen LogP contribution in [0.25, 0.3) is 0 Å². The summed E-state index contributed by atoms with van der Waals surface area (Å²) in [5.74, 6) is 0. The van der Waals surface area contributed by atoms with E-state index >= 15 is 0 Å². The number of aliphatic hydroxyl groups excluding tert-OH is 1. The number of halogens is 3. The summed E-state index contributed by atoms with van der Waals surface area (Å²) in [5, 5.41) is 13.4. The molecule has 0 saturated heterocycles. The van der Waals surface area contributed by atoms with Gasteiger partial charge < -0.3 is 10.4 Å². The van der Waals surface area contributed by atoms with Gasteiger partial charge in [-0.2, -0.15) is 13.2 Å². The fraction of sp³-hybridized carbons (Fsp3) is 0.600. The third-order valence-electron chi connectivity index (χ3n) is 2.12. The second-order valence-corrected chi connectivity index (χ2v) is 4.68. The molecule has 2 nitrogen and oxygen atoms in total. The Bertz CT molecular complexity index is 300. The average Bonchev–Trinajstić information content (AvgIpc) is 2.65. The molecule has 2 N–H and O–H groups in total. The predicted octanol–water partition coefficient (Wildman–Crippen LogP) is 2.19. The van der Waals surface area contributed by atoms with Gasteiger partial charge in [-0.3, -0.25) is 0 Å². The van der Waals surface area contributed by atoms with Crippen LogP contribution in [0.4, 0.5) is 13.2 Å². The summed E-state index contributed by atoms with van der Waals surface area (Å²) in [7, 11) is 0. The number of alkyl halides is 3. The molecule has 0 aliphatic heterocycles. The van der Waals surface area contributed by atoms with E-state index in [2.05, 4.69) is 5.32 Å². The zero-order chi connectivity index (χ0) is 12.2. The number of thiophene rings is 1. The molecule has 0 aliphatic carbocycles. The number of nitrogens with one attached hydrogen (secondary N) is 1. The summed E-state index contributed by atoms with van der Waals surface area (Å²) >= 11 is 1.57. The molecule has 0 aromatic carbocycles. The highest BCUT2D eigenvalue weighted by molar-refractivity contribution is 7.09. The van der Waals surface area contributed by atoms with Crippen molar-refractivity contribution in [3.8, 4) is 0 Å². The van der Waals surface area contributed by atoms with Crippen LogP contribution in [0, 0.1) is 0 Å². The highest BCUT2D eigenvalue weighted by Crippen LogP contribution is 2.19. The van der Waals surface area contributed by atoms with E-state index in [1.165, 1.54) is 0 Å². The van der Waals surface area contributed by atoms with E-state index in [1.54, 1.807) is 18.3 Å². The number of rotatable bonds is 5.